The van der Waals surface area contributed by atoms with Gasteiger partial charge in [-0.1, -0.05) is 100.0 Å². The number of nitrogens with zero attached hydrogens (tertiary/aromatic N) is 2. The lowest BCUT2D eigenvalue weighted by atomic mass is 10.0. The number of hydrogen-bond donors (Lipinski definition) is 2. The molecule has 7 nitrogen and oxygen atoms in total. The monoisotopic (exact) mass is 576 g/mol. The molecular weight excluding hydrogens is 541 g/mol. The molecule has 0 saturated carbocycles. The van der Waals surface area contributed by atoms with Gasteiger partial charge in [-0.25, -0.2) is 22.9 Å². The molecular formula is C31H36N4O3S2. The van der Waals surface area contributed by atoms with Crippen LogP contribution in [0.15, 0.2) is 95.0 Å². The quantitative estimate of drug-likeness (QED) is 0.143. The number of amides is 2. The van der Waals surface area contributed by atoms with E-state index in [4.69, 9.17) is 4.98 Å². The SMILES string of the molecule is CCCCSc1cn(Cc2ccc(-c3ccccc3S(=O)(=O)NC(=O)NCc3ccccc3)cc2)c(C(C)C)n1. The van der Waals surface area contributed by atoms with Crippen molar-refractivity contribution in [2.45, 2.75) is 62.5 Å². The molecule has 0 saturated heterocycles. The molecule has 0 radical (unpaired) electrons. The average Bonchev–Trinajstić information content (AvgIpc) is 3.35. The lowest BCUT2D eigenvalue weighted by Gasteiger charge is -2.14. The Bertz CT molecular complexity index is 1520. The number of rotatable bonds is 12. The van der Waals surface area contributed by atoms with Gasteiger partial charge in [-0.15, -0.1) is 11.8 Å². The highest BCUT2D eigenvalue weighted by molar-refractivity contribution is 7.99. The minimum absolute atomic E-state index is 0.0445. The second-order valence-electron chi connectivity index (χ2n) is 9.89. The molecule has 40 heavy (non-hydrogen) atoms. The van der Waals surface area contributed by atoms with Crippen LogP contribution in [-0.2, 0) is 23.1 Å². The topological polar surface area (TPSA) is 93.1 Å². The molecule has 0 atom stereocenters. The smallest absolute Gasteiger partial charge is 0.328 e. The average molecular weight is 577 g/mol. The van der Waals surface area contributed by atoms with Crippen molar-refractivity contribution in [2.24, 2.45) is 0 Å². The van der Waals surface area contributed by atoms with Crippen LogP contribution in [-0.4, -0.2) is 29.8 Å². The Labute approximate surface area is 241 Å². The number of imidazole rings is 1. The number of aromatic nitrogens is 2. The van der Waals surface area contributed by atoms with Gasteiger partial charge in [-0.05, 0) is 34.9 Å². The van der Waals surface area contributed by atoms with Crippen molar-refractivity contribution in [3.8, 4) is 11.1 Å². The van der Waals surface area contributed by atoms with E-state index in [9.17, 15) is 13.2 Å². The predicted molar refractivity (Wildman–Crippen MR) is 162 cm³/mol. The number of urea groups is 1. The van der Waals surface area contributed by atoms with Gasteiger partial charge in [-0.2, -0.15) is 0 Å². The Kier molecular flexibility index (Phi) is 10.1. The number of carbonyl (C=O) groups excluding carboxylic acids is 1. The molecule has 0 bridgehead atoms. The summed E-state index contributed by atoms with van der Waals surface area (Å²) in [5.41, 5.74) is 3.24. The van der Waals surface area contributed by atoms with E-state index >= 15 is 0 Å². The molecule has 0 aliphatic rings. The minimum atomic E-state index is -4.10. The van der Waals surface area contributed by atoms with Gasteiger partial charge < -0.3 is 9.88 Å². The molecule has 3 aromatic carbocycles. The summed E-state index contributed by atoms with van der Waals surface area (Å²) in [7, 11) is -4.10. The van der Waals surface area contributed by atoms with Gasteiger partial charge in [0.25, 0.3) is 10.0 Å². The van der Waals surface area contributed by atoms with E-state index in [1.165, 1.54) is 18.9 Å². The van der Waals surface area contributed by atoms with Crippen LogP contribution in [0.1, 0.15) is 56.5 Å². The van der Waals surface area contributed by atoms with Gasteiger partial charge >= 0.3 is 6.03 Å². The Hall–Kier alpha value is -3.56. The molecule has 4 rings (SSSR count). The highest BCUT2D eigenvalue weighted by Gasteiger charge is 2.22. The first-order chi connectivity index (χ1) is 19.3. The fourth-order valence-electron chi connectivity index (χ4n) is 4.30. The summed E-state index contributed by atoms with van der Waals surface area (Å²) in [6.45, 7) is 7.39. The maximum Gasteiger partial charge on any atom is 0.328 e. The van der Waals surface area contributed by atoms with Gasteiger partial charge in [0.1, 0.15) is 10.9 Å². The minimum Gasteiger partial charge on any atom is -0.333 e. The summed E-state index contributed by atoms with van der Waals surface area (Å²) in [6.07, 6.45) is 4.46. The number of nitrogens with one attached hydrogen (secondary N) is 2. The molecule has 0 aliphatic heterocycles. The maximum atomic E-state index is 13.2. The van der Waals surface area contributed by atoms with Gasteiger partial charge in [0.05, 0.1) is 4.90 Å². The third kappa shape index (κ3) is 7.76. The van der Waals surface area contributed by atoms with Crippen molar-refractivity contribution in [1.29, 1.82) is 0 Å². The molecule has 4 aromatic rings. The number of carbonyl (C=O) groups is 1. The number of benzene rings is 3. The first-order valence-electron chi connectivity index (χ1n) is 13.5. The van der Waals surface area contributed by atoms with Gasteiger partial charge in [-0.3, -0.25) is 0 Å². The van der Waals surface area contributed by atoms with E-state index < -0.39 is 16.1 Å². The maximum absolute atomic E-state index is 13.2. The Morgan fingerprint density at radius 1 is 0.950 bits per heavy atom. The van der Waals surface area contributed by atoms with Crippen LogP contribution in [0.25, 0.3) is 11.1 Å². The van der Waals surface area contributed by atoms with Crippen LogP contribution in [0.4, 0.5) is 4.79 Å². The molecule has 1 aromatic heterocycles. The number of hydrogen-bond acceptors (Lipinski definition) is 5. The zero-order chi connectivity index (χ0) is 28.5. The second-order valence-corrected chi connectivity index (χ2v) is 12.7. The normalized spacial score (nSPS) is 11.5. The molecule has 1 heterocycles. The summed E-state index contributed by atoms with van der Waals surface area (Å²) in [6, 6.07) is 23.1. The third-order valence-electron chi connectivity index (χ3n) is 6.37. The standard InChI is InChI=1S/C31H36N4O3S2/c1-4-5-19-39-29-22-35(30(33-29)23(2)3)21-25-15-17-26(18-16-25)27-13-9-10-14-28(27)40(37,38)34-31(36)32-20-24-11-7-6-8-12-24/h6-18,22-23H,4-5,19-21H2,1-3H3,(H2,32,34,36). The Balaban J connectivity index is 1.48. The Morgan fingerprint density at radius 2 is 1.65 bits per heavy atom. The molecule has 210 valence electrons. The van der Waals surface area contributed by atoms with E-state index in [0.29, 0.717) is 18.0 Å². The number of thioether (sulfide) groups is 1. The number of unbranched alkanes of at least 4 members (excludes halogenated alkanes) is 1. The van der Waals surface area contributed by atoms with Crippen LogP contribution in [0.2, 0.25) is 0 Å². The second kappa shape index (κ2) is 13.7. The molecule has 0 unspecified atom stereocenters. The highest BCUT2D eigenvalue weighted by atomic mass is 32.2. The predicted octanol–water partition coefficient (Wildman–Crippen LogP) is 6.80. The molecule has 2 amide bonds. The van der Waals surface area contributed by atoms with Gasteiger partial charge in [0.15, 0.2) is 0 Å². The van der Waals surface area contributed by atoms with E-state index in [-0.39, 0.29) is 11.4 Å². The summed E-state index contributed by atoms with van der Waals surface area (Å²) < 4.78 is 30.7. The number of sulfonamides is 1. The van der Waals surface area contributed by atoms with Crippen LogP contribution >= 0.6 is 11.8 Å². The molecule has 0 aliphatic carbocycles. The summed E-state index contributed by atoms with van der Waals surface area (Å²) in [4.78, 5) is 17.3. The largest absolute Gasteiger partial charge is 0.333 e. The molecule has 9 heteroatoms. The highest BCUT2D eigenvalue weighted by Crippen LogP contribution is 2.28. The van der Waals surface area contributed by atoms with Crippen molar-refractivity contribution in [3.63, 3.8) is 0 Å². The zero-order valence-corrected chi connectivity index (χ0v) is 24.8. The lowest BCUT2D eigenvalue weighted by Crippen LogP contribution is -2.39. The zero-order valence-electron chi connectivity index (χ0n) is 23.1. The first-order valence-corrected chi connectivity index (χ1v) is 16.0. The van der Waals surface area contributed by atoms with Crippen molar-refractivity contribution in [1.82, 2.24) is 19.6 Å². The fraction of sp³-hybridized carbons (Fsp3) is 0.290. The van der Waals surface area contributed by atoms with Crippen LogP contribution in [0.3, 0.4) is 0 Å². The van der Waals surface area contributed by atoms with Crippen LogP contribution in [0.5, 0.6) is 0 Å². The Morgan fingerprint density at radius 3 is 2.35 bits per heavy atom. The van der Waals surface area contributed by atoms with Crippen molar-refractivity contribution in [3.05, 3.63) is 102 Å². The van der Waals surface area contributed by atoms with Gasteiger partial charge in [0.2, 0.25) is 0 Å². The van der Waals surface area contributed by atoms with E-state index in [1.807, 2.05) is 54.6 Å². The van der Waals surface area contributed by atoms with Crippen molar-refractivity contribution < 1.29 is 13.2 Å². The van der Waals surface area contributed by atoms with E-state index in [0.717, 1.165) is 33.3 Å². The van der Waals surface area contributed by atoms with Crippen molar-refractivity contribution in [2.75, 3.05) is 5.75 Å². The van der Waals surface area contributed by atoms with Crippen molar-refractivity contribution >= 4 is 27.8 Å². The van der Waals surface area contributed by atoms with Gasteiger partial charge in [0, 0.05) is 30.8 Å². The van der Waals surface area contributed by atoms with E-state index in [1.54, 1.807) is 30.0 Å². The molecule has 0 fully saturated rings. The summed E-state index contributed by atoms with van der Waals surface area (Å²) in [5.74, 6) is 2.41. The molecule has 0 spiro atoms. The first kappa shape index (κ1) is 29.4. The van der Waals surface area contributed by atoms with E-state index in [2.05, 4.69) is 41.6 Å². The third-order valence-corrected chi connectivity index (χ3v) is 8.74. The molecule has 2 N–H and O–H groups in total. The lowest BCUT2D eigenvalue weighted by molar-refractivity contribution is 0.245. The van der Waals surface area contributed by atoms with Crippen LogP contribution in [0, 0.1) is 0 Å². The fourth-order valence-corrected chi connectivity index (χ4v) is 6.46. The summed E-state index contributed by atoms with van der Waals surface area (Å²) in [5, 5.41) is 3.65. The van der Waals surface area contributed by atoms with Crippen LogP contribution < -0.4 is 10.0 Å². The summed E-state index contributed by atoms with van der Waals surface area (Å²) >= 11 is 1.79.